The number of phosphoric ester groups is 1. The quantitative estimate of drug-likeness (QED) is 0.209. The number of hydrogen-bond donors (Lipinski definition) is 5. The summed E-state index contributed by atoms with van der Waals surface area (Å²) in [6, 6.07) is 8.25. The molecule has 3 aromatic rings. The number of para-hydroxylation sites is 1. The molecule has 1 fully saturated rings. The van der Waals surface area contributed by atoms with Crippen molar-refractivity contribution in [3.8, 4) is 0 Å². The van der Waals surface area contributed by atoms with Gasteiger partial charge >= 0.3 is 21.3 Å². The fourth-order valence-electron chi connectivity index (χ4n) is 3.85. The first kappa shape index (κ1) is 26.6. The van der Waals surface area contributed by atoms with Gasteiger partial charge in [-0.25, -0.2) is 13.9 Å². The van der Waals surface area contributed by atoms with Crippen LogP contribution in [0.5, 0.6) is 0 Å². The summed E-state index contributed by atoms with van der Waals surface area (Å²) in [5, 5.41) is 25.8. The molecule has 0 spiro atoms. The van der Waals surface area contributed by atoms with E-state index in [-0.39, 0.29) is 6.54 Å². The summed E-state index contributed by atoms with van der Waals surface area (Å²) in [7, 11) is -8.91. The van der Waals surface area contributed by atoms with Crippen molar-refractivity contribution >= 4 is 26.5 Å². The number of fused-ring (bicyclic) bond motifs is 1. The zero-order chi connectivity index (χ0) is 26.4. The molecule has 1 aromatic carbocycles. The van der Waals surface area contributed by atoms with E-state index < -0.39 is 58.0 Å². The second-order valence-corrected chi connectivity index (χ2v) is 10.7. The van der Waals surface area contributed by atoms with E-state index in [9.17, 15) is 33.8 Å². The highest BCUT2D eigenvalue weighted by molar-refractivity contribution is 7.60. The summed E-state index contributed by atoms with van der Waals surface area (Å²) in [5.41, 5.74) is -0.336. The Morgan fingerprint density at radius 1 is 1.08 bits per heavy atom. The molecule has 16 nitrogen and oxygen atoms in total. The van der Waals surface area contributed by atoms with Crippen LogP contribution in [0.25, 0.3) is 10.9 Å². The van der Waals surface area contributed by atoms with Crippen molar-refractivity contribution in [3.63, 3.8) is 0 Å². The predicted molar refractivity (Wildman–Crippen MR) is 120 cm³/mol. The highest BCUT2D eigenvalue weighted by Gasteiger charge is 2.46. The van der Waals surface area contributed by atoms with Crippen LogP contribution in [0.15, 0.2) is 46.1 Å². The van der Waals surface area contributed by atoms with Gasteiger partial charge in [0.1, 0.15) is 18.3 Å². The molecule has 196 valence electrons. The smallest absolute Gasteiger partial charge is 0.387 e. The van der Waals surface area contributed by atoms with Gasteiger partial charge in [0.05, 0.1) is 24.4 Å². The van der Waals surface area contributed by atoms with Crippen LogP contribution in [-0.4, -0.2) is 68.7 Å². The highest BCUT2D eigenvalue weighted by Crippen LogP contribution is 2.57. The summed E-state index contributed by atoms with van der Waals surface area (Å²) < 4.78 is 39.2. The number of hydrogen-bond acceptors (Lipinski definition) is 10. The molecular weight excluding hydrogens is 526 g/mol. The van der Waals surface area contributed by atoms with Gasteiger partial charge in [-0.1, -0.05) is 18.2 Å². The highest BCUT2D eigenvalue weighted by atomic mass is 31.3. The van der Waals surface area contributed by atoms with Crippen LogP contribution in [0.2, 0.25) is 0 Å². The Labute approximate surface area is 201 Å². The molecule has 1 saturated heterocycles. The number of aliphatic hydroxyl groups excluding tert-OH is 2. The Hall–Kier alpha value is -2.49. The molecule has 0 amide bonds. The fourth-order valence-corrected chi connectivity index (χ4v) is 5.45. The molecule has 3 heterocycles. The summed E-state index contributed by atoms with van der Waals surface area (Å²) in [5.74, 6) is 0. The maximum Gasteiger partial charge on any atom is 0.481 e. The minimum atomic E-state index is -5.37. The average molecular weight is 548 g/mol. The Bertz CT molecular complexity index is 1490. The first-order valence-electron chi connectivity index (χ1n) is 10.3. The molecule has 18 heteroatoms. The van der Waals surface area contributed by atoms with Crippen LogP contribution in [0.3, 0.4) is 0 Å². The molecular formula is C18H22N4O12P2. The van der Waals surface area contributed by atoms with Gasteiger partial charge in [0.25, 0.3) is 5.56 Å². The summed E-state index contributed by atoms with van der Waals surface area (Å²) in [6.07, 6.45) is -5.46. The third-order valence-corrected chi connectivity index (χ3v) is 7.61. The summed E-state index contributed by atoms with van der Waals surface area (Å²) in [6.45, 7) is -1.14. The first-order valence-corrected chi connectivity index (χ1v) is 13.3. The van der Waals surface area contributed by atoms with Crippen LogP contribution in [-0.2, 0) is 36.3 Å². The minimum absolute atomic E-state index is 0.203. The zero-order valence-electron chi connectivity index (χ0n) is 18.5. The van der Waals surface area contributed by atoms with Crippen LogP contribution in [0, 0.1) is 0 Å². The van der Waals surface area contributed by atoms with Crippen molar-refractivity contribution < 1.29 is 47.6 Å². The largest absolute Gasteiger partial charge is 0.481 e. The van der Waals surface area contributed by atoms with Gasteiger partial charge in [0, 0.05) is 24.7 Å². The average Bonchev–Trinajstić information content (AvgIpc) is 3.25. The van der Waals surface area contributed by atoms with Gasteiger partial charge in [0.2, 0.25) is 0 Å². The summed E-state index contributed by atoms with van der Waals surface area (Å²) in [4.78, 5) is 52.4. The first-order chi connectivity index (χ1) is 16.8. The van der Waals surface area contributed by atoms with E-state index in [4.69, 9.17) is 14.5 Å². The van der Waals surface area contributed by atoms with E-state index in [1.807, 2.05) is 12.1 Å². The Balaban J connectivity index is 1.58. The standard InChI is InChI=1S/C18H22N4O12P2/c1-20-12-5-3-2-4-10(12)11(19-20)8-22-14(23)6-7-21(18(22)26)17-16(25)15(24)13(33-17)9-32-36(30,31)34-35(27,28)29/h2-7,13,15-17,24-25H,8-9H2,1H3,(H,30,31)(H2,27,28,29)/t13-,15?,16?,17-/m1/s1. The number of rotatable bonds is 8. The lowest BCUT2D eigenvalue weighted by Crippen LogP contribution is -2.43. The van der Waals surface area contributed by atoms with E-state index in [0.717, 1.165) is 32.3 Å². The molecule has 1 aliphatic rings. The van der Waals surface area contributed by atoms with Crippen molar-refractivity contribution in [1.82, 2.24) is 18.9 Å². The number of aryl methyl sites for hydroxylation is 1. The predicted octanol–water partition coefficient (Wildman–Crippen LogP) is -1.21. The van der Waals surface area contributed by atoms with Crippen LogP contribution < -0.4 is 11.2 Å². The topological polar surface area (TPSA) is 225 Å². The second kappa shape index (κ2) is 9.76. The molecule has 0 saturated carbocycles. The molecule has 2 aromatic heterocycles. The maximum atomic E-state index is 13.2. The second-order valence-electron chi connectivity index (χ2n) is 7.90. The van der Waals surface area contributed by atoms with Gasteiger partial charge in [0.15, 0.2) is 6.23 Å². The van der Waals surface area contributed by atoms with Gasteiger partial charge in [-0.3, -0.25) is 23.1 Å². The van der Waals surface area contributed by atoms with Crippen LogP contribution in [0.4, 0.5) is 0 Å². The lowest BCUT2D eigenvalue weighted by Gasteiger charge is -2.19. The molecule has 36 heavy (non-hydrogen) atoms. The Kier molecular flexibility index (Phi) is 7.20. The molecule has 0 aliphatic carbocycles. The van der Waals surface area contributed by atoms with Gasteiger partial charge in [-0.2, -0.15) is 9.41 Å². The van der Waals surface area contributed by atoms with Gasteiger partial charge in [-0.15, -0.1) is 0 Å². The molecule has 1 aliphatic heterocycles. The molecule has 0 radical (unpaired) electrons. The number of ether oxygens (including phenoxy) is 1. The van der Waals surface area contributed by atoms with E-state index in [1.165, 1.54) is 0 Å². The van der Waals surface area contributed by atoms with E-state index in [2.05, 4.69) is 13.9 Å². The number of nitrogens with zero attached hydrogens (tertiary/aromatic N) is 4. The Morgan fingerprint density at radius 3 is 2.47 bits per heavy atom. The SMILES string of the molecule is Cn1nc(Cn2c(=O)ccn([C@@H]3O[C@H](COP(=O)(O)OP(=O)(O)O)C(O)C3O)c2=O)c2ccccc21. The van der Waals surface area contributed by atoms with E-state index in [1.54, 1.807) is 23.9 Å². The van der Waals surface area contributed by atoms with Crippen molar-refractivity contribution in [2.75, 3.05) is 6.61 Å². The fraction of sp³-hybridized carbons (Fsp3) is 0.389. The minimum Gasteiger partial charge on any atom is -0.387 e. The lowest BCUT2D eigenvalue weighted by molar-refractivity contribution is -0.0547. The van der Waals surface area contributed by atoms with E-state index >= 15 is 0 Å². The molecule has 3 unspecified atom stereocenters. The van der Waals surface area contributed by atoms with Crippen molar-refractivity contribution in [2.24, 2.45) is 7.05 Å². The lowest BCUT2D eigenvalue weighted by atomic mass is 10.1. The van der Waals surface area contributed by atoms with Crippen molar-refractivity contribution in [1.29, 1.82) is 0 Å². The third kappa shape index (κ3) is 5.43. The molecule has 5 N–H and O–H groups in total. The maximum absolute atomic E-state index is 13.2. The number of aliphatic hydroxyl groups is 2. The van der Waals surface area contributed by atoms with Crippen LogP contribution >= 0.6 is 15.6 Å². The van der Waals surface area contributed by atoms with Gasteiger partial charge < -0.3 is 29.6 Å². The zero-order valence-corrected chi connectivity index (χ0v) is 20.3. The number of phosphoric acid groups is 2. The number of aromatic nitrogens is 4. The number of benzene rings is 1. The monoisotopic (exact) mass is 548 g/mol. The normalized spacial score (nSPS) is 24.3. The van der Waals surface area contributed by atoms with Gasteiger partial charge in [-0.05, 0) is 6.07 Å². The third-order valence-electron chi connectivity index (χ3n) is 5.46. The molecule has 5 atom stereocenters. The Morgan fingerprint density at radius 2 is 1.78 bits per heavy atom. The van der Waals surface area contributed by atoms with Crippen molar-refractivity contribution in [3.05, 3.63) is 63.1 Å². The summed E-state index contributed by atoms with van der Waals surface area (Å²) >= 11 is 0. The van der Waals surface area contributed by atoms with E-state index in [0.29, 0.717) is 5.69 Å². The molecule has 4 rings (SSSR count). The van der Waals surface area contributed by atoms with Crippen LogP contribution in [0.1, 0.15) is 11.9 Å². The van der Waals surface area contributed by atoms with Crippen molar-refractivity contribution in [2.45, 2.75) is 31.1 Å². The molecule has 0 bridgehead atoms.